The molecule has 2 aromatic heterocycles. The van der Waals surface area contributed by atoms with E-state index in [0.29, 0.717) is 0 Å². The van der Waals surface area contributed by atoms with Crippen molar-refractivity contribution >= 4 is 28.7 Å². The Kier molecular flexibility index (Phi) is 3.41. The Balaban J connectivity index is 1.98. The molecule has 25 heavy (non-hydrogen) atoms. The first kappa shape index (κ1) is 16.1. The second-order valence-electron chi connectivity index (χ2n) is 6.22. The molecule has 4 heterocycles. The molecule has 0 aromatic carbocycles. The van der Waals surface area contributed by atoms with Crippen LogP contribution in [0.25, 0.3) is 10.8 Å². The number of ether oxygens (including phenoxy) is 1. The highest BCUT2D eigenvalue weighted by molar-refractivity contribution is 6.06. The maximum Gasteiger partial charge on any atom is 0.274 e. The lowest BCUT2D eigenvalue weighted by Gasteiger charge is -2.28. The van der Waals surface area contributed by atoms with Gasteiger partial charge in [-0.3, -0.25) is 4.79 Å². The van der Waals surface area contributed by atoms with Gasteiger partial charge in [-0.1, -0.05) is 0 Å². The Morgan fingerprint density at radius 1 is 1.52 bits per heavy atom. The van der Waals surface area contributed by atoms with Crippen LogP contribution in [0.3, 0.4) is 0 Å². The lowest BCUT2D eigenvalue weighted by molar-refractivity contribution is -0.0955. The summed E-state index contributed by atoms with van der Waals surface area (Å²) >= 11 is 0. The zero-order valence-electron chi connectivity index (χ0n) is 13.0. The van der Waals surface area contributed by atoms with Gasteiger partial charge in [0.15, 0.2) is 6.23 Å². The van der Waals surface area contributed by atoms with Crippen LogP contribution in [-0.2, 0) is 4.74 Å². The molecule has 0 aliphatic carbocycles. The van der Waals surface area contributed by atoms with Crippen LogP contribution < -0.4 is 10.9 Å². The van der Waals surface area contributed by atoms with Gasteiger partial charge in [-0.2, -0.15) is 4.98 Å². The molecular weight excluding hydrogens is 335 g/mol. The third-order valence-corrected chi connectivity index (χ3v) is 4.55. The van der Waals surface area contributed by atoms with Crippen molar-refractivity contribution in [3.05, 3.63) is 28.4 Å². The van der Waals surface area contributed by atoms with Crippen LogP contribution in [0.15, 0.2) is 22.1 Å². The number of aliphatic hydroxyl groups excluding tert-OH is 2. The van der Waals surface area contributed by atoms with Crippen LogP contribution in [0.5, 0.6) is 0 Å². The van der Waals surface area contributed by atoms with Gasteiger partial charge < -0.3 is 29.9 Å². The molecule has 1 fully saturated rings. The number of aliphatic hydroxyl groups is 3. The average molecular weight is 350 g/mol. The van der Waals surface area contributed by atoms with E-state index in [4.69, 9.17) is 4.74 Å². The number of nitrogens with zero attached hydrogens (tertiary/aromatic N) is 3. The van der Waals surface area contributed by atoms with Crippen molar-refractivity contribution in [1.82, 2.24) is 9.55 Å². The predicted molar refractivity (Wildman–Crippen MR) is 85.4 cm³/mol. The maximum atomic E-state index is 14.4. The summed E-state index contributed by atoms with van der Waals surface area (Å²) in [5.41, 5.74) is -2.50. The van der Waals surface area contributed by atoms with E-state index in [1.165, 1.54) is 24.0 Å². The second kappa shape index (κ2) is 5.30. The molecular formula is C15H15FN4O5. The van der Waals surface area contributed by atoms with Crippen molar-refractivity contribution < 1.29 is 24.4 Å². The van der Waals surface area contributed by atoms with Crippen molar-refractivity contribution in [3.63, 3.8) is 0 Å². The number of hydrogen-bond acceptors (Lipinski definition) is 8. The molecule has 0 amide bonds. The van der Waals surface area contributed by atoms with E-state index < -0.39 is 42.0 Å². The minimum atomic E-state index is -1.75. The van der Waals surface area contributed by atoms with Crippen LogP contribution in [0.1, 0.15) is 13.2 Å². The summed E-state index contributed by atoms with van der Waals surface area (Å²) < 4.78 is 21.3. The average Bonchev–Trinajstić information content (AvgIpc) is 3.00. The molecule has 0 saturated carbocycles. The summed E-state index contributed by atoms with van der Waals surface area (Å²) in [4.78, 5) is 19.5. The summed E-state index contributed by atoms with van der Waals surface area (Å²) in [7, 11) is 0. The molecule has 132 valence electrons. The van der Waals surface area contributed by atoms with Gasteiger partial charge in [-0.25, -0.2) is 9.38 Å². The monoisotopic (exact) mass is 350 g/mol. The number of aromatic nitrogens is 2. The Morgan fingerprint density at radius 2 is 2.28 bits per heavy atom. The molecule has 2 aromatic rings. The largest absolute Gasteiger partial charge is 0.394 e. The third kappa shape index (κ3) is 2.19. The molecule has 0 spiro atoms. The fourth-order valence-electron chi connectivity index (χ4n) is 3.27. The van der Waals surface area contributed by atoms with Gasteiger partial charge in [-0.05, 0) is 6.92 Å². The van der Waals surface area contributed by atoms with E-state index in [2.05, 4.69) is 15.3 Å². The van der Waals surface area contributed by atoms with E-state index in [1.807, 2.05) is 0 Å². The smallest absolute Gasteiger partial charge is 0.274 e. The predicted octanol–water partition coefficient (Wildman–Crippen LogP) is -0.378. The number of rotatable bonds is 2. The van der Waals surface area contributed by atoms with E-state index in [0.717, 1.165) is 6.07 Å². The van der Waals surface area contributed by atoms with Gasteiger partial charge in [0.05, 0.1) is 18.3 Å². The van der Waals surface area contributed by atoms with Crippen molar-refractivity contribution in [2.75, 3.05) is 11.9 Å². The summed E-state index contributed by atoms with van der Waals surface area (Å²) in [5, 5.41) is 33.1. The summed E-state index contributed by atoms with van der Waals surface area (Å²) in [6.45, 7) is 0.857. The first-order chi connectivity index (χ1) is 11.8. The van der Waals surface area contributed by atoms with E-state index >= 15 is 0 Å². The van der Waals surface area contributed by atoms with Gasteiger partial charge in [0.2, 0.25) is 0 Å². The van der Waals surface area contributed by atoms with Gasteiger partial charge >= 0.3 is 0 Å². The third-order valence-electron chi connectivity index (χ3n) is 4.55. The number of anilines is 1. The molecule has 2 aliphatic heterocycles. The SMILES string of the molecule is C[C@@]1(O)[C@H](O)[C@@H](CO)O[C@H]1n1cc2c(F)cc(=O)nc3c2c1N=CN3. The lowest BCUT2D eigenvalue weighted by atomic mass is 9.96. The normalized spacial score (nSPS) is 30.7. The number of nitrogens with one attached hydrogen (secondary N) is 1. The standard InChI is InChI=1S/C15H15FN4O5/c1-15(24)11(23)8(4-21)25-14(15)20-3-6-7(16)2-9(22)19-12-10(6)13(20)18-5-17-12/h2-3,5,8,11,14,21,23-24H,4H2,1H3,(H,17,18,19,22)/t8-,11-,14-,15-/m1/s1. The number of halogens is 1. The first-order valence-corrected chi connectivity index (χ1v) is 7.56. The topological polar surface area (TPSA) is 129 Å². The van der Waals surface area contributed by atoms with Gasteiger partial charge in [0, 0.05) is 17.6 Å². The molecule has 4 N–H and O–H groups in total. The highest BCUT2D eigenvalue weighted by Gasteiger charge is 2.53. The maximum absolute atomic E-state index is 14.4. The zero-order valence-corrected chi connectivity index (χ0v) is 13.0. The van der Waals surface area contributed by atoms with Crippen LogP contribution in [-0.4, -0.2) is 55.6 Å². The fourth-order valence-corrected chi connectivity index (χ4v) is 3.27. The summed E-state index contributed by atoms with van der Waals surface area (Å²) in [6, 6.07) is 0.756. The number of aliphatic imine (C=N–C) groups is 1. The van der Waals surface area contributed by atoms with Crippen molar-refractivity contribution in [3.8, 4) is 0 Å². The Bertz CT molecular complexity index is 957. The Morgan fingerprint density at radius 3 is 2.96 bits per heavy atom. The van der Waals surface area contributed by atoms with Crippen LogP contribution >= 0.6 is 0 Å². The van der Waals surface area contributed by atoms with E-state index in [1.54, 1.807) is 0 Å². The van der Waals surface area contributed by atoms with E-state index in [-0.39, 0.29) is 22.4 Å². The van der Waals surface area contributed by atoms with Gasteiger partial charge in [0.25, 0.3) is 5.56 Å². The van der Waals surface area contributed by atoms with E-state index in [9.17, 15) is 24.5 Å². The fraction of sp³-hybridized carbons (Fsp3) is 0.400. The first-order valence-electron chi connectivity index (χ1n) is 7.56. The van der Waals surface area contributed by atoms with Crippen molar-refractivity contribution in [2.24, 2.45) is 4.99 Å². The molecule has 4 atom stereocenters. The molecule has 0 unspecified atom stereocenters. The zero-order chi connectivity index (χ0) is 17.9. The molecule has 0 radical (unpaired) electrons. The van der Waals surface area contributed by atoms with Crippen LogP contribution in [0.4, 0.5) is 16.0 Å². The van der Waals surface area contributed by atoms with Gasteiger partial charge in [0.1, 0.15) is 35.3 Å². The highest BCUT2D eigenvalue weighted by atomic mass is 19.1. The summed E-state index contributed by atoms with van der Waals surface area (Å²) in [6.07, 6.45) is -0.864. The highest BCUT2D eigenvalue weighted by Crippen LogP contribution is 2.44. The molecule has 2 aliphatic rings. The quantitative estimate of drug-likeness (QED) is 0.581. The van der Waals surface area contributed by atoms with Crippen LogP contribution in [0, 0.1) is 5.82 Å². The molecule has 9 nitrogen and oxygen atoms in total. The summed E-state index contributed by atoms with van der Waals surface area (Å²) in [5.74, 6) is -0.457. The molecule has 4 rings (SSSR count). The molecule has 0 bridgehead atoms. The van der Waals surface area contributed by atoms with Crippen molar-refractivity contribution in [2.45, 2.75) is 31.0 Å². The number of hydrogen-bond donors (Lipinski definition) is 4. The Labute approximate surface area is 140 Å². The Hall–Kier alpha value is -2.40. The van der Waals surface area contributed by atoms with Gasteiger partial charge in [-0.15, -0.1) is 0 Å². The lowest BCUT2D eigenvalue weighted by Crippen LogP contribution is -2.44. The molecule has 10 heteroatoms. The van der Waals surface area contributed by atoms with Crippen LogP contribution in [0.2, 0.25) is 0 Å². The minimum Gasteiger partial charge on any atom is -0.394 e. The molecule has 1 saturated heterocycles. The second-order valence-corrected chi connectivity index (χ2v) is 6.22. The van der Waals surface area contributed by atoms with Crippen molar-refractivity contribution in [1.29, 1.82) is 0 Å². The minimum absolute atomic E-state index is 0.0605.